The first-order chi connectivity index (χ1) is 18.0. The fourth-order valence-electron chi connectivity index (χ4n) is 5.29. The van der Waals surface area contributed by atoms with Crippen LogP contribution < -0.4 is 11.3 Å². The molecule has 0 saturated carbocycles. The van der Waals surface area contributed by atoms with E-state index >= 15 is 0 Å². The van der Waals surface area contributed by atoms with E-state index in [9.17, 15) is 14.7 Å². The number of aryl methyl sites for hydroxylation is 1. The van der Waals surface area contributed by atoms with Gasteiger partial charge in [0.2, 0.25) is 5.65 Å². The van der Waals surface area contributed by atoms with Gasteiger partial charge in [0.25, 0.3) is 11.5 Å². The molecule has 0 spiro atoms. The number of rotatable bonds is 4. The minimum absolute atomic E-state index is 0.207. The second-order valence-electron chi connectivity index (χ2n) is 10.3. The molecule has 1 amide bonds. The highest BCUT2D eigenvalue weighted by Crippen LogP contribution is 2.39. The van der Waals surface area contributed by atoms with Crippen molar-refractivity contribution in [1.82, 2.24) is 18.9 Å². The van der Waals surface area contributed by atoms with Crippen LogP contribution >= 0.6 is 0 Å². The molecule has 0 bridgehead atoms. The second kappa shape index (κ2) is 8.16. The molecule has 0 atom stereocenters. The van der Waals surface area contributed by atoms with Crippen LogP contribution in [0.4, 0.5) is 0 Å². The zero-order valence-electron chi connectivity index (χ0n) is 21.5. The van der Waals surface area contributed by atoms with Crippen molar-refractivity contribution in [2.45, 2.75) is 33.3 Å². The number of aliphatic hydroxyl groups is 1. The Kier molecular flexibility index (Phi) is 5.09. The van der Waals surface area contributed by atoms with Crippen molar-refractivity contribution in [2.24, 2.45) is 5.73 Å². The number of nitrogens with one attached hydrogen (secondary N) is 1. The summed E-state index contributed by atoms with van der Waals surface area (Å²) >= 11 is 0. The molecule has 38 heavy (non-hydrogen) atoms. The molecule has 0 aliphatic heterocycles. The van der Waals surface area contributed by atoms with E-state index in [2.05, 4.69) is 9.97 Å². The number of amides is 1. The summed E-state index contributed by atoms with van der Waals surface area (Å²) in [6.45, 7) is 7.30. The molecule has 3 heterocycles. The monoisotopic (exact) mass is 505 g/mol. The van der Waals surface area contributed by atoms with Crippen LogP contribution in [0.25, 0.3) is 44.3 Å². The topological polar surface area (TPSA) is 118 Å². The highest BCUT2D eigenvalue weighted by molar-refractivity contribution is 6.20. The van der Waals surface area contributed by atoms with Crippen LogP contribution in [0.2, 0.25) is 0 Å². The van der Waals surface area contributed by atoms with Crippen molar-refractivity contribution in [3.63, 3.8) is 0 Å². The lowest BCUT2D eigenvalue weighted by molar-refractivity contribution is 0.0787. The lowest BCUT2D eigenvalue weighted by Gasteiger charge is -2.17. The summed E-state index contributed by atoms with van der Waals surface area (Å²) in [6.07, 6.45) is 5.39. The molecule has 0 unspecified atom stereocenters. The minimum Gasteiger partial charge on any atom is -0.386 e. The van der Waals surface area contributed by atoms with Crippen LogP contribution in [0.1, 0.15) is 41.0 Å². The summed E-state index contributed by atoms with van der Waals surface area (Å²) in [5.41, 5.74) is 11.7. The Bertz CT molecular complexity index is 1990. The standard InChI is InChI=1S/C30H27N5O3/c1-16-15-34-12-13-35(29(37)28(34)32-16)24-7-5-6-19(17(24)2)20-10-11-22(27(31)36)26-25(20)21-9-8-18(30(3,4)38)14-23(21)33-26/h5-15,33,38H,1-4H3,(H2,31,36). The molecule has 3 aromatic carbocycles. The van der Waals surface area contributed by atoms with Gasteiger partial charge in [-0.3, -0.25) is 14.2 Å². The third kappa shape index (κ3) is 3.53. The molecular weight excluding hydrogens is 478 g/mol. The SMILES string of the molecule is Cc1cn2ccn(-c3cccc(-c4ccc(C(N)=O)c5[nH]c6cc(C(C)(C)O)ccc6c45)c3C)c(=O)c2n1. The first kappa shape index (κ1) is 23.7. The van der Waals surface area contributed by atoms with Crippen LogP contribution in [0, 0.1) is 13.8 Å². The molecule has 190 valence electrons. The van der Waals surface area contributed by atoms with Crippen LogP contribution in [-0.4, -0.2) is 29.9 Å². The Morgan fingerprint density at radius 3 is 2.58 bits per heavy atom. The van der Waals surface area contributed by atoms with Crippen LogP contribution in [0.15, 0.2) is 71.9 Å². The summed E-state index contributed by atoms with van der Waals surface area (Å²) in [4.78, 5) is 33.4. The maximum atomic E-state index is 13.3. The first-order valence-corrected chi connectivity index (χ1v) is 12.3. The lowest BCUT2D eigenvalue weighted by atomic mass is 9.92. The molecule has 6 rings (SSSR count). The van der Waals surface area contributed by atoms with Gasteiger partial charge in [0.05, 0.1) is 28.1 Å². The number of hydrogen-bond donors (Lipinski definition) is 3. The number of nitrogens with two attached hydrogens (primary N) is 1. The van der Waals surface area contributed by atoms with E-state index in [0.717, 1.165) is 49.9 Å². The summed E-state index contributed by atoms with van der Waals surface area (Å²) < 4.78 is 3.34. The maximum absolute atomic E-state index is 13.3. The van der Waals surface area contributed by atoms with Gasteiger partial charge in [0.15, 0.2) is 0 Å². The van der Waals surface area contributed by atoms with E-state index < -0.39 is 11.5 Å². The van der Waals surface area contributed by atoms with E-state index in [1.54, 1.807) is 35.1 Å². The quantitative estimate of drug-likeness (QED) is 0.321. The number of aromatic amines is 1. The van der Waals surface area contributed by atoms with E-state index in [1.165, 1.54) is 0 Å². The number of carbonyl (C=O) groups is 1. The smallest absolute Gasteiger partial charge is 0.298 e. The van der Waals surface area contributed by atoms with Gasteiger partial charge in [-0.05, 0) is 68.1 Å². The van der Waals surface area contributed by atoms with Gasteiger partial charge in [-0.25, -0.2) is 4.98 Å². The van der Waals surface area contributed by atoms with Crippen molar-refractivity contribution in [3.8, 4) is 16.8 Å². The number of hydrogen-bond acceptors (Lipinski definition) is 4. The maximum Gasteiger partial charge on any atom is 0.298 e. The van der Waals surface area contributed by atoms with Crippen LogP contribution in [-0.2, 0) is 5.60 Å². The summed E-state index contributed by atoms with van der Waals surface area (Å²) in [6, 6.07) is 15.2. The summed E-state index contributed by atoms with van der Waals surface area (Å²) in [7, 11) is 0. The Labute approximate surface area is 218 Å². The summed E-state index contributed by atoms with van der Waals surface area (Å²) in [5, 5.41) is 12.3. The molecule has 0 saturated heterocycles. The number of carbonyl (C=O) groups excluding carboxylic acids is 1. The fourth-order valence-corrected chi connectivity index (χ4v) is 5.29. The van der Waals surface area contributed by atoms with Crippen molar-refractivity contribution < 1.29 is 9.90 Å². The Morgan fingerprint density at radius 2 is 1.84 bits per heavy atom. The normalized spacial score (nSPS) is 12.1. The van der Waals surface area contributed by atoms with E-state index in [1.807, 2.05) is 68.7 Å². The van der Waals surface area contributed by atoms with Gasteiger partial charge in [0.1, 0.15) is 0 Å². The number of imidazole rings is 1. The van der Waals surface area contributed by atoms with Gasteiger partial charge in [-0.15, -0.1) is 0 Å². The Morgan fingerprint density at radius 1 is 1.05 bits per heavy atom. The minimum atomic E-state index is -1.02. The summed E-state index contributed by atoms with van der Waals surface area (Å²) in [5.74, 6) is -0.531. The number of H-pyrrole nitrogens is 1. The van der Waals surface area contributed by atoms with Crippen molar-refractivity contribution in [3.05, 3.63) is 99.9 Å². The Hall–Kier alpha value is -4.69. The third-order valence-electron chi connectivity index (χ3n) is 7.22. The number of primary amides is 1. The number of nitrogens with zero attached hydrogens (tertiary/aromatic N) is 3. The van der Waals surface area contributed by atoms with Crippen LogP contribution in [0.3, 0.4) is 0 Å². The highest BCUT2D eigenvalue weighted by atomic mass is 16.3. The highest BCUT2D eigenvalue weighted by Gasteiger charge is 2.21. The zero-order chi connectivity index (χ0) is 26.9. The predicted molar refractivity (Wildman–Crippen MR) is 149 cm³/mol. The number of benzene rings is 3. The first-order valence-electron chi connectivity index (χ1n) is 12.3. The molecule has 8 nitrogen and oxygen atoms in total. The molecule has 6 aromatic rings. The van der Waals surface area contributed by atoms with Gasteiger partial charge >= 0.3 is 0 Å². The molecule has 0 radical (unpaired) electrons. The molecular formula is C30H27N5O3. The van der Waals surface area contributed by atoms with Gasteiger partial charge in [-0.1, -0.05) is 30.3 Å². The molecule has 0 aliphatic carbocycles. The van der Waals surface area contributed by atoms with Gasteiger partial charge in [0, 0.05) is 34.9 Å². The van der Waals surface area contributed by atoms with Crippen molar-refractivity contribution in [2.75, 3.05) is 0 Å². The van der Waals surface area contributed by atoms with E-state index in [0.29, 0.717) is 16.7 Å². The zero-order valence-corrected chi connectivity index (χ0v) is 21.5. The molecule has 8 heteroatoms. The lowest BCUT2D eigenvalue weighted by Crippen LogP contribution is -2.20. The van der Waals surface area contributed by atoms with E-state index in [-0.39, 0.29) is 5.56 Å². The average molecular weight is 506 g/mol. The van der Waals surface area contributed by atoms with Crippen molar-refractivity contribution >= 4 is 33.4 Å². The predicted octanol–water partition coefficient (Wildman–Crippen LogP) is 4.73. The fraction of sp³-hybridized carbons (Fsp3) is 0.167. The van der Waals surface area contributed by atoms with Gasteiger partial charge < -0.3 is 20.2 Å². The number of aromatic nitrogens is 4. The second-order valence-corrected chi connectivity index (χ2v) is 10.3. The third-order valence-corrected chi connectivity index (χ3v) is 7.22. The Balaban J connectivity index is 1.63. The number of fused-ring (bicyclic) bond motifs is 4. The van der Waals surface area contributed by atoms with Gasteiger partial charge in [-0.2, -0.15) is 0 Å². The average Bonchev–Trinajstić information content (AvgIpc) is 3.44. The van der Waals surface area contributed by atoms with Crippen molar-refractivity contribution in [1.29, 1.82) is 0 Å². The van der Waals surface area contributed by atoms with Crippen LogP contribution in [0.5, 0.6) is 0 Å². The largest absolute Gasteiger partial charge is 0.386 e. The van der Waals surface area contributed by atoms with E-state index in [4.69, 9.17) is 5.73 Å². The molecule has 0 fully saturated rings. The molecule has 0 aliphatic rings. The molecule has 4 N–H and O–H groups in total. The molecule has 3 aromatic heterocycles.